The Hall–Kier alpha value is -11.0. The third-order valence-electron chi connectivity index (χ3n) is 20.0. The molecule has 0 amide bonds. The van der Waals surface area contributed by atoms with Crippen LogP contribution in [-0.2, 0) is 10.8 Å². The molecule has 6 nitrogen and oxygen atoms in total. The molecule has 460 valence electrons. The average molecular weight is 1360 g/mol. The molecule has 0 saturated heterocycles. The molecule has 14 aromatic rings. The smallest absolute Gasteiger partial charge is 0.194 e. The standard InChI is InChI=1S/C86H48N4O2S6/c1-45-13-21-53(22-14-45)85(54-23-15-46(2)16-24-54)67-34-50-36-74(70-32-30-58(94-70)38-66-76(52(43-89)44-90)60-10-6-8-12-62(60)80(66)92)95-71(50)39-64(67)82-78(85)84-83(98-82)77-81(97-84)63-33-49-35-73(69-31-29-57(93-69)37-65-75(51(41-87)42-88)59-9-5-7-11-61(59)79(65)91)96-72(49)40-68(63)86(77,55-25-17-47(3)18-26-55)56-27-19-48(4)20-28-56/h5-40H,1-4H3. The third-order valence-corrected chi connectivity index (χ3v) is 27.3. The molecular formula is C86H48N4O2S6. The van der Waals surface area contributed by atoms with E-state index in [1.807, 2.05) is 83.4 Å². The Labute approximate surface area is 588 Å². The highest BCUT2D eigenvalue weighted by Crippen LogP contribution is 2.69. The van der Waals surface area contributed by atoms with Gasteiger partial charge in [0.05, 0.1) is 20.2 Å². The van der Waals surface area contributed by atoms with Crippen molar-refractivity contribution in [3.05, 3.63) is 327 Å². The fourth-order valence-electron chi connectivity index (χ4n) is 15.5. The van der Waals surface area contributed by atoms with Crippen LogP contribution >= 0.6 is 68.0 Å². The molecule has 0 unspecified atom stereocenters. The van der Waals surface area contributed by atoms with Crippen LogP contribution in [0.15, 0.2) is 229 Å². The number of allylic oxidation sites excluding steroid dienone is 6. The number of thiophene rings is 6. The topological polar surface area (TPSA) is 129 Å². The lowest BCUT2D eigenvalue weighted by Gasteiger charge is -2.34. The summed E-state index contributed by atoms with van der Waals surface area (Å²) in [7, 11) is 0. The van der Waals surface area contributed by atoms with Gasteiger partial charge in [0.2, 0.25) is 0 Å². The van der Waals surface area contributed by atoms with Crippen LogP contribution in [0, 0.1) is 73.0 Å². The van der Waals surface area contributed by atoms with E-state index in [0.29, 0.717) is 44.5 Å². The van der Waals surface area contributed by atoms with Crippen LogP contribution in [0.4, 0.5) is 0 Å². The largest absolute Gasteiger partial charge is 0.289 e. The molecule has 0 atom stereocenters. The van der Waals surface area contributed by atoms with E-state index >= 15 is 0 Å². The van der Waals surface area contributed by atoms with Crippen LogP contribution in [0.25, 0.3) is 93.3 Å². The summed E-state index contributed by atoms with van der Waals surface area (Å²) in [5.74, 6) is -0.388. The monoisotopic (exact) mass is 1360 g/mol. The molecule has 0 fully saturated rings. The van der Waals surface area contributed by atoms with Gasteiger partial charge < -0.3 is 0 Å². The first-order valence-corrected chi connectivity index (χ1v) is 36.8. The zero-order valence-electron chi connectivity index (χ0n) is 52.8. The predicted octanol–water partition coefficient (Wildman–Crippen LogP) is 23.0. The van der Waals surface area contributed by atoms with Gasteiger partial charge in [0.15, 0.2) is 11.6 Å². The summed E-state index contributed by atoms with van der Waals surface area (Å²) in [4.78, 5) is 36.6. The summed E-state index contributed by atoms with van der Waals surface area (Å²) in [6.07, 6.45) is 3.68. The predicted molar refractivity (Wildman–Crippen MR) is 404 cm³/mol. The molecule has 0 bridgehead atoms. The number of carbonyl (C=O) groups excluding carboxylic acids is 2. The normalized spacial score (nSPS) is 15.1. The second-order valence-corrected chi connectivity index (χ2v) is 32.0. The molecule has 6 aromatic heterocycles. The molecule has 18 rings (SSSR count). The van der Waals surface area contributed by atoms with Crippen molar-refractivity contribution in [3.8, 4) is 64.7 Å². The van der Waals surface area contributed by atoms with E-state index in [2.05, 4.69) is 198 Å². The maximum atomic E-state index is 14.0. The first-order chi connectivity index (χ1) is 47.8. The molecule has 12 heteroatoms. The minimum atomic E-state index is -0.731. The van der Waals surface area contributed by atoms with Gasteiger partial charge in [-0.25, -0.2) is 0 Å². The van der Waals surface area contributed by atoms with Crippen LogP contribution in [0.1, 0.15) is 108 Å². The number of aryl methyl sites for hydroxylation is 4. The van der Waals surface area contributed by atoms with Crippen molar-refractivity contribution in [2.24, 2.45) is 0 Å². The van der Waals surface area contributed by atoms with E-state index in [4.69, 9.17) is 0 Å². The number of Topliss-reactive ketones (excluding diaryl/α,β-unsaturated/α-hetero) is 2. The number of nitrogens with zero attached hydrogens (tertiary/aromatic N) is 4. The Morgan fingerprint density at radius 3 is 1.11 bits per heavy atom. The zero-order chi connectivity index (χ0) is 66.6. The molecule has 8 aromatic carbocycles. The Morgan fingerprint density at radius 2 is 0.714 bits per heavy atom. The minimum absolute atomic E-state index is 0.0790. The molecule has 0 radical (unpaired) electrons. The van der Waals surface area contributed by atoms with Gasteiger partial charge in [-0.1, -0.05) is 168 Å². The van der Waals surface area contributed by atoms with E-state index in [-0.39, 0.29) is 22.7 Å². The molecular weight excluding hydrogens is 1310 g/mol. The fourth-order valence-corrected chi connectivity index (χ4v) is 22.9. The molecule has 98 heavy (non-hydrogen) atoms. The molecule has 6 heterocycles. The van der Waals surface area contributed by atoms with E-state index in [0.717, 1.165) is 40.0 Å². The summed E-state index contributed by atoms with van der Waals surface area (Å²) in [5, 5.41) is 42.6. The van der Waals surface area contributed by atoms with Gasteiger partial charge in [-0.3, -0.25) is 9.59 Å². The van der Waals surface area contributed by atoms with Gasteiger partial charge in [-0.05, 0) is 167 Å². The van der Waals surface area contributed by atoms with Crippen molar-refractivity contribution in [2.75, 3.05) is 0 Å². The third kappa shape index (κ3) is 8.54. The van der Waals surface area contributed by atoms with Crippen molar-refractivity contribution >= 4 is 132 Å². The summed E-state index contributed by atoms with van der Waals surface area (Å²) in [6.45, 7) is 8.65. The van der Waals surface area contributed by atoms with Crippen LogP contribution in [0.2, 0.25) is 0 Å². The number of benzene rings is 8. The lowest BCUT2D eigenvalue weighted by molar-refractivity contribution is 0.103. The number of fused-ring (bicyclic) bond motifs is 13. The van der Waals surface area contributed by atoms with Gasteiger partial charge in [-0.2, -0.15) is 21.0 Å². The highest BCUT2D eigenvalue weighted by molar-refractivity contribution is 7.32. The van der Waals surface area contributed by atoms with Gasteiger partial charge >= 0.3 is 0 Å². The number of hydrogen-bond donors (Lipinski definition) is 0. The van der Waals surface area contributed by atoms with Crippen molar-refractivity contribution in [1.82, 2.24) is 0 Å². The lowest BCUT2D eigenvalue weighted by Crippen LogP contribution is -2.29. The second kappa shape index (κ2) is 22.3. The first kappa shape index (κ1) is 59.5. The van der Waals surface area contributed by atoms with Crippen LogP contribution in [0.3, 0.4) is 0 Å². The fraction of sp³-hybridized carbons (Fsp3) is 0.0698. The first-order valence-electron chi connectivity index (χ1n) is 31.9. The number of carbonyl (C=O) groups is 2. The molecule has 0 saturated carbocycles. The molecule has 0 aliphatic heterocycles. The molecule has 0 spiro atoms. The second-order valence-electron chi connectivity index (χ2n) is 25.5. The average Bonchev–Trinajstić information content (AvgIpc) is 1.49. The maximum absolute atomic E-state index is 14.0. The molecule has 4 aliphatic carbocycles. The Bertz CT molecular complexity index is 5730. The minimum Gasteiger partial charge on any atom is -0.289 e. The Balaban J connectivity index is 0.836. The van der Waals surface area contributed by atoms with E-state index < -0.39 is 10.8 Å². The van der Waals surface area contributed by atoms with E-state index in [1.54, 1.807) is 57.5 Å². The van der Waals surface area contributed by atoms with E-state index in [1.165, 1.54) is 106 Å². The van der Waals surface area contributed by atoms with E-state index in [9.17, 15) is 30.6 Å². The van der Waals surface area contributed by atoms with Gasteiger partial charge in [0, 0.05) is 93.0 Å². The quantitative estimate of drug-likeness (QED) is 0.110. The van der Waals surface area contributed by atoms with Crippen molar-refractivity contribution in [1.29, 1.82) is 21.0 Å². The summed E-state index contributed by atoms with van der Waals surface area (Å²) >= 11 is 10.6. The summed E-state index contributed by atoms with van der Waals surface area (Å²) < 4.78 is 4.91. The summed E-state index contributed by atoms with van der Waals surface area (Å²) in [5.41, 5.74) is 19.2. The van der Waals surface area contributed by atoms with Gasteiger partial charge in [0.1, 0.15) is 35.4 Å². The SMILES string of the molecule is Cc1ccc(C2(c3ccc(C)cc3)c3cc4cc(-c5ccc(C=C6C(=O)c7ccccc7C6=C(C#N)C#N)s5)sc4cc3-c3sc4c5c(sc4c32)-c2cc3cc(-c4ccc(C=C6C(=O)c7ccccc7C6=C(C#N)C#N)s4)sc3cc2C5(c2ccc(C)cc2)c2ccc(C)cc2)cc1. The Kier molecular flexibility index (Phi) is 13.5. The van der Waals surface area contributed by atoms with Crippen LogP contribution < -0.4 is 0 Å². The van der Waals surface area contributed by atoms with Crippen molar-refractivity contribution in [2.45, 2.75) is 38.5 Å². The van der Waals surface area contributed by atoms with Gasteiger partial charge in [-0.15, -0.1) is 68.0 Å². The lowest BCUT2D eigenvalue weighted by atomic mass is 9.66. The van der Waals surface area contributed by atoms with Crippen molar-refractivity contribution < 1.29 is 9.59 Å². The number of rotatable bonds is 8. The highest BCUT2D eigenvalue weighted by Gasteiger charge is 2.54. The highest BCUT2D eigenvalue weighted by atomic mass is 32.1. The van der Waals surface area contributed by atoms with Crippen molar-refractivity contribution in [3.63, 3.8) is 0 Å². The van der Waals surface area contributed by atoms with Crippen LogP contribution in [0.5, 0.6) is 0 Å². The summed E-state index contributed by atoms with van der Waals surface area (Å²) in [6, 6.07) is 82.3. The van der Waals surface area contributed by atoms with Crippen LogP contribution in [-0.4, -0.2) is 11.6 Å². The molecule has 4 aliphatic rings. The number of nitriles is 4. The maximum Gasteiger partial charge on any atom is 0.194 e. The van der Waals surface area contributed by atoms with Gasteiger partial charge in [0.25, 0.3) is 0 Å². The number of hydrogen-bond acceptors (Lipinski definition) is 12. The number of ketones is 2. The molecule has 0 N–H and O–H groups in total. The Morgan fingerprint density at radius 1 is 0.357 bits per heavy atom. The zero-order valence-corrected chi connectivity index (χ0v) is 57.7.